The first-order valence-electron chi connectivity index (χ1n) is 5.16. The average Bonchev–Trinajstić information content (AvgIpc) is 2.72. The third-order valence-corrected chi connectivity index (χ3v) is 3.07. The van der Waals surface area contributed by atoms with E-state index in [1.807, 2.05) is 4.90 Å². The molecule has 1 N–H and O–H groups in total. The number of hydrogen-bond donors (Lipinski definition) is 1. The summed E-state index contributed by atoms with van der Waals surface area (Å²) in [4.78, 5) is 6.16. The van der Waals surface area contributed by atoms with Crippen LogP contribution in [-0.2, 0) is 0 Å². The Bertz CT molecular complexity index is 473. The van der Waals surface area contributed by atoms with E-state index in [-0.39, 0.29) is 5.82 Å². The van der Waals surface area contributed by atoms with Crippen molar-refractivity contribution in [1.82, 2.24) is 4.90 Å². The molecule has 17 heavy (non-hydrogen) atoms. The van der Waals surface area contributed by atoms with Gasteiger partial charge in [-0.05, 0) is 28.1 Å². The van der Waals surface area contributed by atoms with Crippen molar-refractivity contribution in [3.05, 3.63) is 28.5 Å². The molecule has 0 atom stereocenters. The molecule has 0 aromatic heterocycles. The molecule has 0 spiro atoms. The number of nitrogens with zero attached hydrogens (tertiary/aromatic N) is 2. The molecule has 0 saturated carbocycles. The van der Waals surface area contributed by atoms with E-state index in [1.165, 1.54) is 6.07 Å². The van der Waals surface area contributed by atoms with Crippen molar-refractivity contribution in [3.8, 4) is 12.3 Å². The van der Waals surface area contributed by atoms with Crippen molar-refractivity contribution in [2.75, 3.05) is 25.0 Å². The van der Waals surface area contributed by atoms with E-state index in [9.17, 15) is 4.39 Å². The molecular formula is C12H11BrFN3. The van der Waals surface area contributed by atoms with Gasteiger partial charge in [0, 0.05) is 11.0 Å². The van der Waals surface area contributed by atoms with Gasteiger partial charge in [0.05, 0.1) is 18.8 Å². The molecule has 1 aromatic rings. The number of anilines is 1. The lowest BCUT2D eigenvalue weighted by Gasteiger charge is -2.19. The fraction of sp³-hybridized carbons (Fsp3) is 0.250. The average molecular weight is 296 g/mol. The molecule has 5 heteroatoms. The minimum atomic E-state index is -0.324. The fourth-order valence-electron chi connectivity index (χ4n) is 1.59. The number of nitrogens with one attached hydrogen (secondary N) is 1. The highest BCUT2D eigenvalue weighted by Gasteiger charge is 2.18. The number of para-hydroxylation sites is 1. The monoisotopic (exact) mass is 295 g/mol. The van der Waals surface area contributed by atoms with E-state index in [1.54, 1.807) is 12.1 Å². The molecule has 1 aliphatic heterocycles. The van der Waals surface area contributed by atoms with Crippen molar-refractivity contribution >= 4 is 27.6 Å². The molecule has 1 heterocycles. The summed E-state index contributed by atoms with van der Waals surface area (Å²) in [5, 5.41) is 2.97. The zero-order chi connectivity index (χ0) is 12.3. The maximum Gasteiger partial charge on any atom is 0.199 e. The fourth-order valence-corrected chi connectivity index (χ4v) is 2.04. The summed E-state index contributed by atoms with van der Waals surface area (Å²) in [6.45, 7) is 1.91. The highest BCUT2D eigenvalue weighted by Crippen LogP contribution is 2.25. The Balaban J connectivity index is 2.19. The predicted molar refractivity (Wildman–Crippen MR) is 70.4 cm³/mol. The van der Waals surface area contributed by atoms with Crippen molar-refractivity contribution < 1.29 is 4.39 Å². The minimum Gasteiger partial charge on any atom is -0.330 e. The number of guanidine groups is 1. The molecule has 0 aliphatic carbocycles. The molecule has 0 bridgehead atoms. The summed E-state index contributed by atoms with van der Waals surface area (Å²) in [7, 11) is 0. The quantitative estimate of drug-likeness (QED) is 0.848. The van der Waals surface area contributed by atoms with E-state index < -0.39 is 0 Å². The molecule has 0 unspecified atom stereocenters. The van der Waals surface area contributed by atoms with E-state index in [0.717, 1.165) is 6.54 Å². The molecule has 3 nitrogen and oxygen atoms in total. The summed E-state index contributed by atoms with van der Waals surface area (Å²) in [6.07, 6.45) is 5.27. The van der Waals surface area contributed by atoms with Crippen molar-refractivity contribution in [2.45, 2.75) is 0 Å². The number of benzene rings is 1. The van der Waals surface area contributed by atoms with Crippen LogP contribution in [0.5, 0.6) is 0 Å². The van der Waals surface area contributed by atoms with Crippen molar-refractivity contribution in [1.29, 1.82) is 0 Å². The van der Waals surface area contributed by atoms with Gasteiger partial charge < -0.3 is 10.2 Å². The molecule has 0 saturated heterocycles. The number of hydrogen-bond acceptors (Lipinski definition) is 3. The molecule has 0 fully saturated rings. The Morgan fingerprint density at radius 2 is 2.41 bits per heavy atom. The van der Waals surface area contributed by atoms with Crippen LogP contribution in [0.3, 0.4) is 0 Å². The van der Waals surface area contributed by atoms with Crippen LogP contribution < -0.4 is 5.32 Å². The minimum absolute atomic E-state index is 0.324. The van der Waals surface area contributed by atoms with Gasteiger partial charge in [-0.1, -0.05) is 12.0 Å². The number of rotatable bonds is 2. The van der Waals surface area contributed by atoms with Crippen LogP contribution in [0.1, 0.15) is 0 Å². The van der Waals surface area contributed by atoms with Crippen LogP contribution in [0.15, 0.2) is 27.7 Å². The van der Waals surface area contributed by atoms with Gasteiger partial charge in [-0.25, -0.2) is 4.39 Å². The lowest BCUT2D eigenvalue weighted by atomic mass is 10.3. The van der Waals surface area contributed by atoms with E-state index in [2.05, 4.69) is 32.2 Å². The van der Waals surface area contributed by atoms with Gasteiger partial charge in [0.25, 0.3) is 0 Å². The lowest BCUT2D eigenvalue weighted by molar-refractivity contribution is 0.513. The molecule has 88 valence electrons. The third kappa shape index (κ3) is 2.59. The lowest BCUT2D eigenvalue weighted by Crippen LogP contribution is -2.33. The summed E-state index contributed by atoms with van der Waals surface area (Å²) in [5.41, 5.74) is 0.384. The summed E-state index contributed by atoms with van der Waals surface area (Å²) in [5.74, 6) is 2.85. The molecule has 1 aliphatic rings. The summed E-state index contributed by atoms with van der Waals surface area (Å²) < 4.78 is 14.3. The van der Waals surface area contributed by atoms with E-state index in [4.69, 9.17) is 6.42 Å². The van der Waals surface area contributed by atoms with Gasteiger partial charge in [-0.2, -0.15) is 0 Å². The van der Waals surface area contributed by atoms with Gasteiger partial charge in [0.2, 0.25) is 0 Å². The second-order valence-corrected chi connectivity index (χ2v) is 4.41. The SMILES string of the molecule is C#CCN1CCN=C1Nc1c(F)cccc1Br. The maximum atomic E-state index is 13.6. The van der Waals surface area contributed by atoms with Gasteiger partial charge in [0.15, 0.2) is 5.96 Å². The topological polar surface area (TPSA) is 27.6 Å². The second kappa shape index (κ2) is 5.19. The first-order chi connectivity index (χ1) is 8.22. The Hall–Kier alpha value is -1.54. The van der Waals surface area contributed by atoms with Crippen LogP contribution in [0.25, 0.3) is 0 Å². The van der Waals surface area contributed by atoms with Crippen LogP contribution >= 0.6 is 15.9 Å². The normalized spacial score (nSPS) is 14.4. The van der Waals surface area contributed by atoms with Crippen LogP contribution in [0.2, 0.25) is 0 Å². The maximum absolute atomic E-state index is 13.6. The van der Waals surface area contributed by atoms with E-state index in [0.29, 0.717) is 29.2 Å². The van der Waals surface area contributed by atoms with Gasteiger partial charge in [0.1, 0.15) is 5.82 Å². The smallest absolute Gasteiger partial charge is 0.199 e. The van der Waals surface area contributed by atoms with Crippen LogP contribution in [0.4, 0.5) is 10.1 Å². The summed E-state index contributed by atoms with van der Waals surface area (Å²) >= 11 is 3.30. The number of terminal acetylenes is 1. The zero-order valence-electron chi connectivity index (χ0n) is 9.08. The molecule has 0 amide bonds. The number of halogens is 2. The van der Waals surface area contributed by atoms with E-state index >= 15 is 0 Å². The Morgan fingerprint density at radius 1 is 1.59 bits per heavy atom. The van der Waals surface area contributed by atoms with Crippen LogP contribution in [-0.4, -0.2) is 30.5 Å². The highest BCUT2D eigenvalue weighted by molar-refractivity contribution is 9.10. The zero-order valence-corrected chi connectivity index (χ0v) is 10.7. The Morgan fingerprint density at radius 3 is 3.12 bits per heavy atom. The van der Waals surface area contributed by atoms with Gasteiger partial charge in [-0.15, -0.1) is 6.42 Å². The van der Waals surface area contributed by atoms with Gasteiger partial charge >= 0.3 is 0 Å². The predicted octanol–water partition coefficient (Wildman–Crippen LogP) is 2.30. The summed E-state index contributed by atoms with van der Waals surface area (Å²) in [6, 6.07) is 4.81. The standard InChI is InChI=1S/C12H11BrFN3/c1-2-7-17-8-6-15-12(17)16-11-9(13)4-3-5-10(11)14/h1,3-5H,6-8H2,(H,15,16). The van der Waals surface area contributed by atoms with Gasteiger partial charge in [-0.3, -0.25) is 4.99 Å². The largest absolute Gasteiger partial charge is 0.330 e. The highest BCUT2D eigenvalue weighted by atomic mass is 79.9. The Kier molecular flexibility index (Phi) is 3.64. The number of aliphatic imine (C=N–C) groups is 1. The first kappa shape index (κ1) is 11.9. The van der Waals surface area contributed by atoms with Crippen LogP contribution in [0, 0.1) is 18.2 Å². The first-order valence-corrected chi connectivity index (χ1v) is 5.95. The van der Waals surface area contributed by atoms with Crippen molar-refractivity contribution in [3.63, 3.8) is 0 Å². The Labute approximate surface area is 108 Å². The second-order valence-electron chi connectivity index (χ2n) is 3.55. The third-order valence-electron chi connectivity index (χ3n) is 2.41. The molecule has 0 radical (unpaired) electrons. The molecular weight excluding hydrogens is 285 g/mol. The van der Waals surface area contributed by atoms with Crippen molar-refractivity contribution in [2.24, 2.45) is 4.99 Å². The molecule has 2 rings (SSSR count). The molecule has 1 aromatic carbocycles.